The molecule has 18 heavy (non-hydrogen) atoms. The Morgan fingerprint density at radius 3 is 2.78 bits per heavy atom. The van der Waals surface area contributed by atoms with E-state index < -0.39 is 0 Å². The second kappa shape index (κ2) is 5.09. The summed E-state index contributed by atoms with van der Waals surface area (Å²) in [5, 5.41) is 6.55. The van der Waals surface area contributed by atoms with E-state index in [1.165, 1.54) is 43.5 Å². The maximum absolute atomic E-state index is 4.57. The van der Waals surface area contributed by atoms with Gasteiger partial charge < -0.3 is 0 Å². The Morgan fingerprint density at radius 1 is 1.22 bits per heavy atom. The van der Waals surface area contributed by atoms with E-state index in [1.807, 2.05) is 12.4 Å². The van der Waals surface area contributed by atoms with E-state index in [1.54, 1.807) is 0 Å². The molecule has 0 radical (unpaired) electrons. The van der Waals surface area contributed by atoms with Crippen LogP contribution >= 0.6 is 0 Å². The van der Waals surface area contributed by atoms with Crippen molar-refractivity contribution in [3.8, 4) is 0 Å². The lowest BCUT2D eigenvalue weighted by molar-refractivity contribution is 0.436. The van der Waals surface area contributed by atoms with Gasteiger partial charge in [0.2, 0.25) is 0 Å². The van der Waals surface area contributed by atoms with E-state index >= 15 is 0 Å². The number of nitrogens with zero attached hydrogens (tertiary/aromatic N) is 3. The molecule has 1 saturated carbocycles. The lowest BCUT2D eigenvalue weighted by Crippen LogP contribution is -2.16. The van der Waals surface area contributed by atoms with Crippen LogP contribution in [0.5, 0.6) is 0 Å². The summed E-state index contributed by atoms with van der Waals surface area (Å²) >= 11 is 0. The lowest BCUT2D eigenvalue weighted by atomic mass is 9.86. The molecule has 1 fully saturated rings. The summed E-state index contributed by atoms with van der Waals surface area (Å²) in [4.78, 5) is 4.57. The first kappa shape index (κ1) is 11.7. The highest BCUT2D eigenvalue weighted by Crippen LogP contribution is 2.33. The van der Waals surface area contributed by atoms with Crippen LogP contribution in [-0.4, -0.2) is 17.7 Å². The molecule has 0 amide bonds. The topological polar surface area (TPSA) is 28.5 Å². The number of pyridine rings is 1. The maximum atomic E-state index is 4.57. The molecule has 96 valence electrons. The van der Waals surface area contributed by atoms with Gasteiger partial charge in [-0.15, -0.1) is 0 Å². The lowest BCUT2D eigenvalue weighted by Gasteiger charge is -2.22. The monoisotopic (exact) mass is 243 g/mol. The summed E-state index contributed by atoms with van der Waals surface area (Å²) in [7, 11) is 0. The van der Waals surface area contributed by atoms with E-state index in [0.29, 0.717) is 11.8 Å². The number of hydrazone groups is 1. The third-order valence-electron chi connectivity index (χ3n) is 4.01. The molecule has 2 heterocycles. The molecule has 1 aromatic heterocycles. The molecule has 0 saturated heterocycles. The van der Waals surface area contributed by atoms with Gasteiger partial charge in [0.15, 0.2) is 0 Å². The van der Waals surface area contributed by atoms with E-state index in [0.717, 1.165) is 6.54 Å². The van der Waals surface area contributed by atoms with E-state index in [2.05, 4.69) is 34.2 Å². The number of aromatic nitrogens is 1. The van der Waals surface area contributed by atoms with Gasteiger partial charge in [-0.1, -0.05) is 26.2 Å². The molecule has 0 N–H and O–H groups in total. The Hall–Kier alpha value is -1.38. The van der Waals surface area contributed by atoms with Crippen molar-refractivity contribution < 1.29 is 0 Å². The first-order valence-electron chi connectivity index (χ1n) is 7.10. The number of rotatable bonds is 2. The predicted molar refractivity (Wildman–Crippen MR) is 75.1 cm³/mol. The molecular weight excluding hydrogens is 222 g/mol. The van der Waals surface area contributed by atoms with Gasteiger partial charge in [0.25, 0.3) is 0 Å². The molecule has 1 aliphatic carbocycles. The molecule has 3 nitrogen and oxygen atoms in total. The SMILES string of the molecule is CC1C=NN(c2ccnc(C3CCCCC3)c2)C1. The van der Waals surface area contributed by atoms with Crippen LogP contribution in [0.1, 0.15) is 50.6 Å². The van der Waals surface area contributed by atoms with Crippen LogP contribution < -0.4 is 5.01 Å². The van der Waals surface area contributed by atoms with Crippen molar-refractivity contribution in [2.75, 3.05) is 11.6 Å². The van der Waals surface area contributed by atoms with Gasteiger partial charge in [0.05, 0.1) is 5.69 Å². The first-order chi connectivity index (χ1) is 8.83. The molecule has 1 atom stereocenters. The Balaban J connectivity index is 1.78. The van der Waals surface area contributed by atoms with Crippen LogP contribution in [0.15, 0.2) is 23.4 Å². The molecule has 0 spiro atoms. The van der Waals surface area contributed by atoms with Crippen LogP contribution in [0.4, 0.5) is 5.69 Å². The van der Waals surface area contributed by atoms with Crippen molar-refractivity contribution in [1.29, 1.82) is 0 Å². The Labute approximate surface area is 109 Å². The van der Waals surface area contributed by atoms with Crippen LogP contribution in [0.25, 0.3) is 0 Å². The first-order valence-corrected chi connectivity index (χ1v) is 7.10. The fourth-order valence-corrected chi connectivity index (χ4v) is 2.95. The summed E-state index contributed by atoms with van der Waals surface area (Å²) < 4.78 is 0. The van der Waals surface area contributed by atoms with Gasteiger partial charge >= 0.3 is 0 Å². The number of hydrogen-bond donors (Lipinski definition) is 0. The zero-order valence-corrected chi connectivity index (χ0v) is 11.0. The summed E-state index contributed by atoms with van der Waals surface area (Å²) in [6, 6.07) is 4.31. The van der Waals surface area contributed by atoms with Crippen LogP contribution in [-0.2, 0) is 0 Å². The van der Waals surface area contributed by atoms with Crippen molar-refractivity contribution in [1.82, 2.24) is 4.98 Å². The fraction of sp³-hybridized carbons (Fsp3) is 0.600. The standard InChI is InChI=1S/C15H21N3/c1-12-10-17-18(11-12)14-7-8-16-15(9-14)13-5-3-2-4-6-13/h7-10,12-13H,2-6,11H2,1H3. The minimum absolute atomic E-state index is 0.552. The second-order valence-corrected chi connectivity index (χ2v) is 5.60. The molecule has 0 bridgehead atoms. The number of hydrogen-bond acceptors (Lipinski definition) is 3. The molecule has 1 unspecified atom stereocenters. The predicted octanol–water partition coefficient (Wildman–Crippen LogP) is 3.57. The van der Waals surface area contributed by atoms with Gasteiger partial charge in [-0.2, -0.15) is 5.10 Å². The van der Waals surface area contributed by atoms with Crippen LogP contribution in [0, 0.1) is 5.92 Å². The molecule has 0 aromatic carbocycles. The van der Waals surface area contributed by atoms with E-state index in [-0.39, 0.29) is 0 Å². The number of anilines is 1. The zero-order chi connectivity index (χ0) is 12.4. The average molecular weight is 243 g/mol. The van der Waals surface area contributed by atoms with E-state index in [4.69, 9.17) is 0 Å². The molecule has 1 aromatic rings. The van der Waals surface area contributed by atoms with Crippen molar-refractivity contribution in [2.45, 2.75) is 44.9 Å². The van der Waals surface area contributed by atoms with Gasteiger partial charge in [-0.25, -0.2) is 0 Å². The van der Waals surface area contributed by atoms with Crippen molar-refractivity contribution in [2.24, 2.45) is 11.0 Å². The highest BCUT2D eigenvalue weighted by molar-refractivity contribution is 5.67. The van der Waals surface area contributed by atoms with Gasteiger partial charge in [0.1, 0.15) is 0 Å². The van der Waals surface area contributed by atoms with Crippen molar-refractivity contribution in [3.05, 3.63) is 24.0 Å². The van der Waals surface area contributed by atoms with Crippen LogP contribution in [0.2, 0.25) is 0 Å². The van der Waals surface area contributed by atoms with Crippen LogP contribution in [0.3, 0.4) is 0 Å². The summed E-state index contributed by atoms with van der Waals surface area (Å²) in [5.74, 6) is 1.22. The minimum Gasteiger partial charge on any atom is -0.265 e. The molecule has 1 aliphatic heterocycles. The highest BCUT2D eigenvalue weighted by atomic mass is 15.5. The second-order valence-electron chi connectivity index (χ2n) is 5.60. The van der Waals surface area contributed by atoms with Crippen molar-refractivity contribution in [3.63, 3.8) is 0 Å². The average Bonchev–Trinajstić information content (AvgIpc) is 2.87. The van der Waals surface area contributed by atoms with Crippen molar-refractivity contribution >= 4 is 11.9 Å². The van der Waals surface area contributed by atoms with Gasteiger partial charge in [-0.05, 0) is 25.0 Å². The maximum Gasteiger partial charge on any atom is 0.0627 e. The Morgan fingerprint density at radius 2 is 2.06 bits per heavy atom. The molecule has 3 rings (SSSR count). The van der Waals surface area contributed by atoms with Gasteiger partial charge in [-0.3, -0.25) is 9.99 Å². The summed E-state index contributed by atoms with van der Waals surface area (Å²) in [6.07, 6.45) is 10.7. The largest absolute Gasteiger partial charge is 0.265 e. The summed E-state index contributed by atoms with van der Waals surface area (Å²) in [6.45, 7) is 3.20. The minimum atomic E-state index is 0.552. The quantitative estimate of drug-likeness (QED) is 0.794. The third-order valence-corrected chi connectivity index (χ3v) is 4.01. The Bertz CT molecular complexity index is 435. The molecular formula is C15H21N3. The molecule has 3 heteroatoms. The third kappa shape index (κ3) is 2.40. The highest BCUT2D eigenvalue weighted by Gasteiger charge is 2.19. The molecule has 2 aliphatic rings. The Kier molecular flexibility index (Phi) is 3.31. The summed E-state index contributed by atoms with van der Waals surface area (Å²) in [5.41, 5.74) is 2.47. The zero-order valence-electron chi connectivity index (χ0n) is 11.0. The van der Waals surface area contributed by atoms with Gasteiger partial charge in [0, 0.05) is 36.5 Å². The fourth-order valence-electron chi connectivity index (χ4n) is 2.95. The van der Waals surface area contributed by atoms with E-state index in [9.17, 15) is 0 Å². The smallest absolute Gasteiger partial charge is 0.0627 e. The normalized spacial score (nSPS) is 24.7.